The fourth-order valence-electron chi connectivity index (χ4n) is 12.0. The zero-order chi connectivity index (χ0) is 87.3. The fourth-order valence-corrected chi connectivity index (χ4v) is 12.2. The van der Waals surface area contributed by atoms with Gasteiger partial charge < -0.3 is 81.7 Å². The largest absolute Gasteiger partial charge is 0.398 e. The minimum atomic E-state index is -0.591. The summed E-state index contributed by atoms with van der Waals surface area (Å²) in [6.45, 7) is 42.6. The highest BCUT2D eigenvalue weighted by Crippen LogP contribution is 2.29. The Labute approximate surface area is 692 Å². The molecule has 1 amide bonds. The highest BCUT2D eigenvalue weighted by atomic mass is 35.5. The number of imidazole rings is 7. The topological polar surface area (TPSA) is 525 Å². The zero-order valence-electron chi connectivity index (χ0n) is 71.1. The minimum absolute atomic E-state index is 0.0596. The summed E-state index contributed by atoms with van der Waals surface area (Å²) in [5.41, 5.74) is 53.6. The number of pyridine rings is 5. The number of amides is 1. The Morgan fingerprint density at radius 3 is 1.40 bits per heavy atom. The Hall–Kier alpha value is -13.7. The molecule has 0 unspecified atom stereocenters. The average molecular weight is 1640 g/mol. The lowest BCUT2D eigenvalue weighted by atomic mass is 10.2. The molecular weight excluding hydrogens is 1530 g/mol. The lowest BCUT2D eigenvalue weighted by molar-refractivity contribution is 0.0988. The number of aromatic nitrogens is 27. The van der Waals surface area contributed by atoms with Crippen molar-refractivity contribution in [3.05, 3.63) is 156 Å². The number of anilines is 6. The number of aryl methyl sites for hydroxylation is 3. The highest BCUT2D eigenvalue weighted by Gasteiger charge is 2.22. The molecule has 0 spiro atoms. The molecule has 39 heteroatoms. The molecule has 16 aromatic rings. The van der Waals surface area contributed by atoms with E-state index in [-0.39, 0.29) is 35.2 Å². The van der Waals surface area contributed by atoms with Gasteiger partial charge in [0.05, 0.1) is 72.4 Å². The van der Waals surface area contributed by atoms with Crippen molar-refractivity contribution in [3.8, 4) is 0 Å². The average Bonchev–Trinajstić information content (AvgIpc) is 1.44. The van der Waals surface area contributed by atoms with Crippen LogP contribution in [0.15, 0.2) is 121 Å². The molecule has 0 saturated heterocycles. The first-order valence-electron chi connectivity index (χ1n) is 38.8. The maximum absolute atomic E-state index is 11.5. The third-order valence-corrected chi connectivity index (χ3v) is 18.6. The van der Waals surface area contributed by atoms with Crippen LogP contribution in [0.25, 0.3) is 78.0 Å². The molecule has 17 rings (SSSR count). The number of H-pyrrole nitrogens is 1. The van der Waals surface area contributed by atoms with Gasteiger partial charge in [-0.2, -0.15) is 0 Å². The highest BCUT2D eigenvalue weighted by molar-refractivity contribution is 6.34. The molecule has 119 heavy (non-hydrogen) atoms. The van der Waals surface area contributed by atoms with Crippen LogP contribution in [0.4, 0.5) is 40.2 Å². The van der Waals surface area contributed by atoms with Gasteiger partial charge in [0.1, 0.15) is 45.2 Å². The predicted octanol–water partition coefficient (Wildman–Crippen LogP) is 13.6. The van der Waals surface area contributed by atoms with Crippen molar-refractivity contribution in [1.82, 2.24) is 131 Å². The number of primary amides is 1. The SMILES string of the molecule is CC(C)n1ccc2c(N)ccnc21.CC(C)n1cnc(C(N)=O)c1N.CC(C)n1cnc2c(Cl)ccnc21.CC(C)n1cnc2c(N)ccnc21.CC(C)n1cnc2c1N=CCC2=O.CC(C)n1nnc2c(N)ccnc21.Cc1cc(N)c2ncn(C(C)C)c2n1.Cc1nc(N)c2ncn(C(C)C)c2n1.Cc1nc2c(ncn2C(C)C)c(=O)[nH]1. The van der Waals surface area contributed by atoms with Crippen LogP contribution in [-0.2, 0) is 0 Å². The molecule has 0 bridgehead atoms. The number of aromatic amines is 1. The molecule has 15 N–H and O–H groups in total. The summed E-state index contributed by atoms with van der Waals surface area (Å²) >= 11 is 5.96. The molecule has 38 nitrogen and oxygen atoms in total. The molecule has 1 aliphatic rings. The van der Waals surface area contributed by atoms with Crippen molar-refractivity contribution in [1.29, 1.82) is 0 Å². The van der Waals surface area contributed by atoms with E-state index in [0.29, 0.717) is 122 Å². The Kier molecular flexibility index (Phi) is 29.1. The number of carbonyl (C=O) groups is 2. The first-order valence-corrected chi connectivity index (χ1v) is 39.1. The maximum Gasteiger partial charge on any atom is 0.279 e. The van der Waals surface area contributed by atoms with E-state index < -0.39 is 5.91 Å². The van der Waals surface area contributed by atoms with Crippen molar-refractivity contribution < 1.29 is 9.59 Å². The van der Waals surface area contributed by atoms with Gasteiger partial charge in [-0.05, 0) is 182 Å². The number of halogens is 1. The number of nitrogens with one attached hydrogen (secondary N) is 1. The summed E-state index contributed by atoms with van der Waals surface area (Å²) in [6, 6.07) is 13.7. The second-order valence-corrected chi connectivity index (χ2v) is 30.7. The van der Waals surface area contributed by atoms with Gasteiger partial charge in [0.25, 0.3) is 11.5 Å². The van der Waals surface area contributed by atoms with Crippen molar-refractivity contribution >= 4 is 148 Å². The van der Waals surface area contributed by atoms with Crippen LogP contribution in [0.5, 0.6) is 0 Å². The molecule has 17 heterocycles. The van der Waals surface area contributed by atoms with Crippen LogP contribution in [0, 0.1) is 20.8 Å². The third-order valence-electron chi connectivity index (χ3n) is 18.3. The van der Waals surface area contributed by atoms with Crippen LogP contribution in [0.1, 0.15) is 224 Å². The van der Waals surface area contributed by atoms with Crippen LogP contribution in [0.3, 0.4) is 0 Å². The lowest BCUT2D eigenvalue weighted by Gasteiger charge is -2.10. The van der Waals surface area contributed by atoms with Gasteiger partial charge in [-0.1, -0.05) is 16.8 Å². The summed E-state index contributed by atoms with van der Waals surface area (Å²) in [4.78, 5) is 103. The van der Waals surface area contributed by atoms with E-state index in [1.165, 1.54) is 6.33 Å². The van der Waals surface area contributed by atoms with Gasteiger partial charge in [0, 0.05) is 109 Å². The number of carbonyl (C=O) groups excluding carboxylic acids is 2. The van der Waals surface area contributed by atoms with Crippen molar-refractivity contribution in [3.63, 3.8) is 0 Å². The van der Waals surface area contributed by atoms with Crippen molar-refractivity contribution in [2.45, 2.75) is 206 Å². The number of Topliss-reactive ketones (excluding diaryl/α,β-unsaturated/α-hetero) is 1. The molecule has 1 aliphatic heterocycles. The molecule has 0 aliphatic carbocycles. The Bertz CT molecular complexity index is 5820. The lowest BCUT2D eigenvalue weighted by Crippen LogP contribution is -2.15. The first kappa shape index (κ1) is 89.3. The molecule has 0 aromatic carbocycles. The Balaban J connectivity index is 0.000000153. The van der Waals surface area contributed by atoms with Crippen LogP contribution < -0.4 is 45.7 Å². The molecular formula is C80H108ClN35O3. The van der Waals surface area contributed by atoms with Gasteiger partial charge in [-0.15, -0.1) is 5.10 Å². The number of hydrogen-bond donors (Lipinski definition) is 8. The van der Waals surface area contributed by atoms with Crippen molar-refractivity contribution in [2.24, 2.45) is 10.7 Å². The molecule has 0 fully saturated rings. The van der Waals surface area contributed by atoms with E-state index >= 15 is 0 Å². The number of hydrogen-bond acceptors (Lipinski definition) is 27. The number of nitrogens with zero attached hydrogens (tertiary/aromatic N) is 27. The van der Waals surface area contributed by atoms with Crippen LogP contribution >= 0.6 is 11.6 Å². The van der Waals surface area contributed by atoms with E-state index in [1.807, 2.05) is 121 Å². The summed E-state index contributed by atoms with van der Waals surface area (Å²) in [5, 5.41) is 9.64. The van der Waals surface area contributed by atoms with Crippen LogP contribution in [-0.4, -0.2) is 149 Å². The summed E-state index contributed by atoms with van der Waals surface area (Å²) < 4.78 is 17.4. The molecule has 0 radical (unpaired) electrons. The second kappa shape index (κ2) is 38.8. The number of aliphatic imine (C=N–C) groups is 1. The van der Waals surface area contributed by atoms with Crippen LogP contribution in [0.2, 0.25) is 5.02 Å². The monoisotopic (exact) mass is 1640 g/mol. The number of nitrogens with two attached hydrogens (primary N) is 7. The van der Waals surface area contributed by atoms with Gasteiger partial charge in [-0.25, -0.2) is 84.4 Å². The van der Waals surface area contributed by atoms with E-state index in [1.54, 1.807) is 103 Å². The number of nitrogen functional groups attached to an aromatic ring is 6. The van der Waals surface area contributed by atoms with Gasteiger partial charge in [-0.3, -0.25) is 14.4 Å². The van der Waals surface area contributed by atoms with E-state index in [2.05, 4.69) is 169 Å². The molecule has 0 atom stereocenters. The predicted molar refractivity (Wildman–Crippen MR) is 470 cm³/mol. The zero-order valence-corrected chi connectivity index (χ0v) is 71.8. The van der Waals surface area contributed by atoms with Gasteiger partial charge in [0.15, 0.2) is 73.7 Å². The van der Waals surface area contributed by atoms with E-state index in [9.17, 15) is 14.4 Å². The standard InChI is InChI=1S/C10H14N4.C10H13N3.C9H10ClN3.C9H13N5.C9H12N4O.C9H12N4.C9H11N3O.C8H11N5.C7H12N4O/c1-6(2)14-5-12-9-8(11)4-7(3)13-10(9)14;1-7(2)13-6-4-8-9(11)3-5-12-10(8)13;1-6(2)13-5-12-8-7(10)3-4-11-9(8)13;1-5(2)14-4-11-7-8(10)12-6(3)13-9(7)14;1-5(2)13-4-10-7-8(13)11-6(3)12-9(7)14;1-6(2)13-5-12-8-7(10)3-4-11-9(8)13;1-6(2)12-5-11-8-7(13)3-4-10-9(8)12;1-5(2)13-8-7(11-12-13)6(9)3-4-10-8;1-4(2)11-3-10-5(6(11)8)7(9)12/h4-6H,1-3H3,(H2,11,13);3-7H,1-2H3,(H2,11,12);3-6H,1-2H3;4-5H,1-3H3,(H2,10,12,13);4-5H,1-3H3,(H,11,12,14);3-6H,1-2H3,(H2,10,11);4-6H,3H2,1-2H3;3-5H,1-2H3,(H2,9,10);3-4H,8H2,1-2H3,(H2,9,12). The number of fused-ring (bicyclic) bond motifs is 8. The van der Waals surface area contributed by atoms with Crippen molar-refractivity contribution in [2.75, 3.05) is 34.4 Å². The third kappa shape index (κ3) is 20.8. The number of rotatable bonds is 10. The summed E-state index contributed by atoms with van der Waals surface area (Å²) in [6.07, 6.45) is 22.8. The second-order valence-electron chi connectivity index (χ2n) is 30.3. The number of ketones is 1. The summed E-state index contributed by atoms with van der Waals surface area (Å²) in [5.74, 6) is 2.24. The quantitative estimate of drug-likeness (QED) is 0.0630. The maximum atomic E-state index is 11.5. The summed E-state index contributed by atoms with van der Waals surface area (Å²) in [7, 11) is 0. The Morgan fingerprint density at radius 1 is 0.429 bits per heavy atom. The molecule has 0 saturated carbocycles. The van der Waals surface area contributed by atoms with Gasteiger partial charge in [0.2, 0.25) is 0 Å². The Morgan fingerprint density at radius 2 is 0.874 bits per heavy atom. The minimum Gasteiger partial charge on any atom is -0.398 e. The normalized spacial score (nSPS) is 11.7. The van der Waals surface area contributed by atoms with E-state index in [4.69, 9.17) is 51.7 Å². The smallest absolute Gasteiger partial charge is 0.279 e. The molecule has 628 valence electrons. The molecule has 16 aromatic heterocycles. The fraction of sp³-hybridized carbons (Fsp3) is 0.388. The first-order chi connectivity index (χ1) is 56.3. The van der Waals surface area contributed by atoms with Gasteiger partial charge >= 0.3 is 0 Å². The van der Waals surface area contributed by atoms with E-state index in [0.717, 1.165) is 67.2 Å².